The fourth-order valence-corrected chi connectivity index (χ4v) is 3.40. The number of rotatable bonds is 3. The Morgan fingerprint density at radius 1 is 1.48 bits per heavy atom. The lowest BCUT2D eigenvalue weighted by Gasteiger charge is -2.22. The second-order valence-corrected chi connectivity index (χ2v) is 6.37. The molecule has 6 heteroatoms. The van der Waals surface area contributed by atoms with E-state index in [1.165, 1.54) is 11.3 Å². The van der Waals surface area contributed by atoms with E-state index in [-0.39, 0.29) is 17.9 Å². The maximum atomic E-state index is 11.9. The lowest BCUT2D eigenvalue weighted by atomic mass is 9.91. The molecule has 1 atom stereocenters. The highest BCUT2D eigenvalue weighted by Gasteiger charge is 2.30. The largest absolute Gasteiger partial charge is 0.491 e. The standard InChI is InChI=1S/C15H17N3O2S/c1-8(2)20-10-5-3-4-9(6-10)11-7-12(19)17-14-13(11)21-15(16)18-14/h3-6,8,11H,7H2,1-2H3,(H2,16,18)(H,17,19)/t11-/m1/s1. The van der Waals surface area contributed by atoms with E-state index in [9.17, 15) is 4.79 Å². The van der Waals surface area contributed by atoms with Gasteiger partial charge in [-0.1, -0.05) is 23.5 Å². The predicted molar refractivity (Wildman–Crippen MR) is 83.8 cm³/mol. The third-order valence-electron chi connectivity index (χ3n) is 3.27. The summed E-state index contributed by atoms with van der Waals surface area (Å²) in [5.74, 6) is 1.36. The topological polar surface area (TPSA) is 77.2 Å². The summed E-state index contributed by atoms with van der Waals surface area (Å²) < 4.78 is 5.73. The summed E-state index contributed by atoms with van der Waals surface area (Å²) in [6.07, 6.45) is 0.518. The Hall–Kier alpha value is -2.08. The second kappa shape index (κ2) is 5.37. The van der Waals surface area contributed by atoms with Gasteiger partial charge in [-0.3, -0.25) is 4.79 Å². The van der Waals surface area contributed by atoms with Crippen LogP contribution in [0.5, 0.6) is 5.75 Å². The molecular formula is C15H17N3O2S. The van der Waals surface area contributed by atoms with Crippen LogP contribution in [0.15, 0.2) is 24.3 Å². The first-order valence-corrected chi connectivity index (χ1v) is 7.67. The van der Waals surface area contributed by atoms with Gasteiger partial charge in [-0.25, -0.2) is 4.98 Å². The molecule has 0 saturated carbocycles. The SMILES string of the molecule is CC(C)Oc1cccc([C@H]2CC(=O)Nc3nc(N)sc32)c1. The number of fused-ring (bicyclic) bond motifs is 1. The molecule has 0 saturated heterocycles. The second-order valence-electron chi connectivity index (χ2n) is 5.31. The fraction of sp³-hybridized carbons (Fsp3) is 0.333. The lowest BCUT2D eigenvalue weighted by Crippen LogP contribution is -2.22. The van der Waals surface area contributed by atoms with E-state index >= 15 is 0 Å². The Labute approximate surface area is 127 Å². The number of thiazole rings is 1. The number of hydrogen-bond donors (Lipinski definition) is 2. The maximum absolute atomic E-state index is 11.9. The van der Waals surface area contributed by atoms with Crippen LogP contribution in [-0.2, 0) is 4.79 Å². The number of amides is 1. The molecule has 5 nitrogen and oxygen atoms in total. The molecule has 0 fully saturated rings. The quantitative estimate of drug-likeness (QED) is 0.914. The fourth-order valence-electron chi connectivity index (χ4n) is 2.48. The number of hydrogen-bond acceptors (Lipinski definition) is 5. The van der Waals surface area contributed by atoms with E-state index in [2.05, 4.69) is 10.3 Å². The van der Waals surface area contributed by atoms with Gasteiger partial charge >= 0.3 is 0 Å². The number of nitrogen functional groups attached to an aromatic ring is 1. The van der Waals surface area contributed by atoms with Crippen molar-refractivity contribution >= 4 is 28.2 Å². The number of nitrogens with zero attached hydrogens (tertiary/aromatic N) is 1. The van der Waals surface area contributed by atoms with E-state index in [0.29, 0.717) is 17.4 Å². The zero-order valence-electron chi connectivity index (χ0n) is 11.9. The van der Waals surface area contributed by atoms with Crippen LogP contribution in [0.25, 0.3) is 0 Å². The molecule has 2 aromatic rings. The van der Waals surface area contributed by atoms with Crippen molar-refractivity contribution in [3.05, 3.63) is 34.7 Å². The minimum atomic E-state index is -0.0343. The van der Waals surface area contributed by atoms with Crippen molar-refractivity contribution in [2.45, 2.75) is 32.3 Å². The van der Waals surface area contributed by atoms with E-state index in [0.717, 1.165) is 16.2 Å². The van der Waals surface area contributed by atoms with Crippen LogP contribution in [-0.4, -0.2) is 17.0 Å². The van der Waals surface area contributed by atoms with Gasteiger partial charge in [-0.2, -0.15) is 0 Å². The van der Waals surface area contributed by atoms with E-state index in [4.69, 9.17) is 10.5 Å². The minimum absolute atomic E-state index is 0.0146. The predicted octanol–water partition coefficient (Wildman–Crippen LogP) is 2.99. The number of carbonyl (C=O) groups is 1. The first-order valence-electron chi connectivity index (χ1n) is 6.85. The molecule has 0 bridgehead atoms. The average molecular weight is 303 g/mol. The first-order chi connectivity index (χ1) is 10.0. The molecule has 0 spiro atoms. The van der Waals surface area contributed by atoms with Crippen LogP contribution in [0, 0.1) is 0 Å². The first kappa shape index (κ1) is 13.9. The highest BCUT2D eigenvalue weighted by Crippen LogP contribution is 2.42. The van der Waals surface area contributed by atoms with Crippen LogP contribution < -0.4 is 15.8 Å². The number of benzene rings is 1. The molecular weight excluding hydrogens is 286 g/mol. The van der Waals surface area contributed by atoms with Crippen LogP contribution in [0.4, 0.5) is 10.9 Å². The molecule has 0 unspecified atom stereocenters. The number of anilines is 2. The minimum Gasteiger partial charge on any atom is -0.491 e. The lowest BCUT2D eigenvalue weighted by molar-refractivity contribution is -0.116. The third-order valence-corrected chi connectivity index (χ3v) is 4.26. The van der Waals surface area contributed by atoms with Crippen molar-refractivity contribution in [2.24, 2.45) is 0 Å². The zero-order chi connectivity index (χ0) is 15.0. The summed E-state index contributed by atoms with van der Waals surface area (Å²) in [6.45, 7) is 3.98. The Morgan fingerprint density at radius 3 is 3.05 bits per heavy atom. The molecule has 1 aliphatic heterocycles. The Balaban J connectivity index is 1.98. The summed E-state index contributed by atoms with van der Waals surface area (Å²) in [4.78, 5) is 17.1. The van der Waals surface area contributed by atoms with Gasteiger partial charge in [0.25, 0.3) is 0 Å². The summed E-state index contributed by atoms with van der Waals surface area (Å²) in [6, 6.07) is 7.87. The molecule has 1 aromatic carbocycles. The Morgan fingerprint density at radius 2 is 2.29 bits per heavy atom. The number of ether oxygens (including phenoxy) is 1. The molecule has 3 rings (SSSR count). The van der Waals surface area contributed by atoms with Gasteiger partial charge < -0.3 is 15.8 Å². The molecule has 1 amide bonds. The molecule has 21 heavy (non-hydrogen) atoms. The molecule has 1 aliphatic rings. The van der Waals surface area contributed by atoms with Crippen molar-refractivity contribution in [2.75, 3.05) is 11.1 Å². The smallest absolute Gasteiger partial charge is 0.226 e. The van der Waals surface area contributed by atoms with Crippen LogP contribution in [0.2, 0.25) is 0 Å². The monoisotopic (exact) mass is 303 g/mol. The van der Waals surface area contributed by atoms with Gasteiger partial charge in [0.15, 0.2) is 5.13 Å². The van der Waals surface area contributed by atoms with Crippen molar-refractivity contribution in [3.63, 3.8) is 0 Å². The number of carbonyl (C=O) groups excluding carboxylic acids is 1. The maximum Gasteiger partial charge on any atom is 0.226 e. The average Bonchev–Trinajstić information content (AvgIpc) is 2.77. The molecule has 3 N–H and O–H groups in total. The molecule has 0 radical (unpaired) electrons. The molecule has 2 heterocycles. The van der Waals surface area contributed by atoms with Gasteiger partial charge in [-0.05, 0) is 31.5 Å². The van der Waals surface area contributed by atoms with Gasteiger partial charge in [0.05, 0.1) is 11.0 Å². The summed E-state index contributed by atoms with van der Waals surface area (Å²) in [7, 11) is 0. The van der Waals surface area contributed by atoms with Gasteiger partial charge in [0.1, 0.15) is 11.6 Å². The van der Waals surface area contributed by atoms with Crippen molar-refractivity contribution in [1.82, 2.24) is 4.98 Å². The highest BCUT2D eigenvalue weighted by molar-refractivity contribution is 7.16. The number of nitrogens with two attached hydrogens (primary N) is 1. The number of aromatic nitrogens is 1. The number of nitrogens with one attached hydrogen (secondary N) is 1. The summed E-state index contributed by atoms with van der Waals surface area (Å²) >= 11 is 1.43. The van der Waals surface area contributed by atoms with Gasteiger partial charge in [0, 0.05) is 12.3 Å². The van der Waals surface area contributed by atoms with Crippen LogP contribution in [0.1, 0.15) is 36.6 Å². The molecule has 1 aromatic heterocycles. The highest BCUT2D eigenvalue weighted by atomic mass is 32.1. The normalized spacial score (nSPS) is 17.5. The van der Waals surface area contributed by atoms with Crippen LogP contribution >= 0.6 is 11.3 Å². The van der Waals surface area contributed by atoms with Crippen molar-refractivity contribution in [3.8, 4) is 5.75 Å². The van der Waals surface area contributed by atoms with E-state index in [1.807, 2.05) is 38.1 Å². The van der Waals surface area contributed by atoms with Gasteiger partial charge in [-0.15, -0.1) is 0 Å². The van der Waals surface area contributed by atoms with Crippen molar-refractivity contribution in [1.29, 1.82) is 0 Å². The molecule has 110 valence electrons. The molecule has 0 aliphatic carbocycles. The summed E-state index contributed by atoms with van der Waals surface area (Å²) in [5.41, 5.74) is 6.82. The van der Waals surface area contributed by atoms with Crippen molar-refractivity contribution < 1.29 is 9.53 Å². The third kappa shape index (κ3) is 2.85. The van der Waals surface area contributed by atoms with E-state index < -0.39 is 0 Å². The Kier molecular flexibility index (Phi) is 3.55. The Bertz CT molecular complexity index is 681. The zero-order valence-corrected chi connectivity index (χ0v) is 12.7. The van der Waals surface area contributed by atoms with E-state index in [1.54, 1.807) is 0 Å². The summed E-state index contributed by atoms with van der Waals surface area (Å²) in [5, 5.41) is 3.25. The van der Waals surface area contributed by atoms with Gasteiger partial charge in [0.2, 0.25) is 5.91 Å². The van der Waals surface area contributed by atoms with Crippen LogP contribution in [0.3, 0.4) is 0 Å².